The summed E-state index contributed by atoms with van der Waals surface area (Å²) < 4.78 is 44.3. The van der Waals surface area contributed by atoms with Crippen molar-refractivity contribution in [3.8, 4) is 28.0 Å². The van der Waals surface area contributed by atoms with E-state index in [1.54, 1.807) is 42.6 Å². The fraction of sp³-hybridized carbons (Fsp3) is 0.194. The summed E-state index contributed by atoms with van der Waals surface area (Å²) in [6.07, 6.45) is -2.55. The van der Waals surface area contributed by atoms with Crippen molar-refractivity contribution < 1.29 is 32.6 Å². The van der Waals surface area contributed by atoms with Gasteiger partial charge in [0.15, 0.2) is 5.78 Å². The van der Waals surface area contributed by atoms with E-state index in [1.165, 1.54) is 19.2 Å². The number of ketones is 1. The second kappa shape index (κ2) is 12.9. The van der Waals surface area contributed by atoms with Gasteiger partial charge in [0, 0.05) is 53.5 Å². The Morgan fingerprint density at radius 1 is 0.927 bits per heavy atom. The molecule has 1 heterocycles. The molecule has 0 saturated carbocycles. The number of methoxy groups -OCH3 is 1. The average Bonchev–Trinajstić information content (AvgIpc) is 2.95. The molecule has 0 aliphatic rings. The molecule has 4 aromatic rings. The normalized spacial score (nSPS) is 11.2. The summed E-state index contributed by atoms with van der Waals surface area (Å²) >= 11 is 6.28. The van der Waals surface area contributed by atoms with Crippen molar-refractivity contribution in [2.24, 2.45) is 0 Å². The highest BCUT2D eigenvalue weighted by Crippen LogP contribution is 2.36. The number of benzene rings is 3. The Morgan fingerprint density at radius 2 is 1.66 bits per heavy atom. The zero-order valence-electron chi connectivity index (χ0n) is 22.0. The third kappa shape index (κ3) is 7.64. The molecule has 1 aromatic heterocycles. The van der Waals surface area contributed by atoms with Crippen LogP contribution in [0.3, 0.4) is 0 Å². The average molecular weight is 583 g/mol. The summed E-state index contributed by atoms with van der Waals surface area (Å²) in [5.41, 5.74) is 4.00. The lowest BCUT2D eigenvalue weighted by atomic mass is 9.99. The van der Waals surface area contributed by atoms with Crippen molar-refractivity contribution in [1.82, 2.24) is 4.98 Å². The van der Waals surface area contributed by atoms with Crippen LogP contribution in [-0.4, -0.2) is 29.0 Å². The Labute approximate surface area is 239 Å². The topological polar surface area (TPSA) is 88.5 Å². The van der Waals surface area contributed by atoms with Crippen LogP contribution in [0.15, 0.2) is 79.0 Å². The first-order valence-electron chi connectivity index (χ1n) is 12.6. The molecule has 0 aliphatic carbocycles. The van der Waals surface area contributed by atoms with Crippen molar-refractivity contribution in [1.29, 1.82) is 0 Å². The lowest BCUT2D eigenvalue weighted by molar-refractivity contribution is -0.138. The molecule has 2 N–H and O–H groups in total. The van der Waals surface area contributed by atoms with Crippen LogP contribution in [0.4, 0.5) is 18.9 Å². The molecule has 3 aromatic carbocycles. The van der Waals surface area contributed by atoms with Crippen LogP contribution in [0.2, 0.25) is 5.02 Å². The number of alkyl halides is 3. The number of anilines is 1. The molecular weight excluding hydrogens is 557 g/mol. The zero-order chi connectivity index (χ0) is 29.6. The van der Waals surface area contributed by atoms with E-state index in [9.17, 15) is 22.8 Å². The fourth-order valence-corrected chi connectivity index (χ4v) is 4.47. The maximum absolute atomic E-state index is 12.9. The summed E-state index contributed by atoms with van der Waals surface area (Å²) in [5, 5.41) is 12.6. The molecule has 0 saturated heterocycles. The minimum Gasteiger partial charge on any atom is -0.496 e. The molecule has 0 unspecified atom stereocenters. The Morgan fingerprint density at radius 3 is 2.29 bits per heavy atom. The predicted octanol–water partition coefficient (Wildman–Crippen LogP) is 8.15. The van der Waals surface area contributed by atoms with Gasteiger partial charge in [0.25, 0.3) is 0 Å². The van der Waals surface area contributed by atoms with Gasteiger partial charge in [-0.15, -0.1) is 0 Å². The molecular formula is C31H26ClF3N2O4. The third-order valence-electron chi connectivity index (χ3n) is 6.43. The Balaban J connectivity index is 1.50. The van der Waals surface area contributed by atoms with Crippen molar-refractivity contribution in [2.45, 2.75) is 32.0 Å². The molecule has 0 amide bonds. The molecule has 41 heavy (non-hydrogen) atoms. The van der Waals surface area contributed by atoms with Crippen LogP contribution in [0.25, 0.3) is 22.3 Å². The van der Waals surface area contributed by atoms with Crippen LogP contribution >= 0.6 is 11.6 Å². The first-order chi connectivity index (χ1) is 19.5. The number of ether oxygens (including phenoxy) is 1. The maximum Gasteiger partial charge on any atom is 0.416 e. The Hall–Kier alpha value is -4.37. The van der Waals surface area contributed by atoms with Crippen molar-refractivity contribution in [3.05, 3.63) is 101 Å². The predicted molar refractivity (Wildman–Crippen MR) is 151 cm³/mol. The number of carboxylic acids is 1. The van der Waals surface area contributed by atoms with Crippen LogP contribution < -0.4 is 10.1 Å². The third-order valence-corrected chi connectivity index (χ3v) is 6.67. The van der Waals surface area contributed by atoms with Gasteiger partial charge in [0.1, 0.15) is 11.4 Å². The monoisotopic (exact) mass is 582 g/mol. The van der Waals surface area contributed by atoms with Crippen molar-refractivity contribution >= 4 is 29.0 Å². The molecule has 6 nitrogen and oxygen atoms in total. The number of carbonyl (C=O) groups excluding carboxylic acids is 1. The first-order valence-corrected chi connectivity index (χ1v) is 13.0. The van der Waals surface area contributed by atoms with Crippen LogP contribution in [0, 0.1) is 0 Å². The molecule has 0 fully saturated rings. The van der Waals surface area contributed by atoms with Gasteiger partial charge in [-0.1, -0.05) is 35.9 Å². The minimum atomic E-state index is -4.41. The second-order valence-electron chi connectivity index (χ2n) is 9.25. The number of hydrogen-bond donors (Lipinski definition) is 2. The lowest BCUT2D eigenvalue weighted by Crippen LogP contribution is -2.05. The van der Waals surface area contributed by atoms with Gasteiger partial charge in [-0.05, 0) is 65.6 Å². The smallest absolute Gasteiger partial charge is 0.416 e. The van der Waals surface area contributed by atoms with Gasteiger partial charge in [0.2, 0.25) is 0 Å². The summed E-state index contributed by atoms with van der Waals surface area (Å²) in [6, 6.07) is 19.1. The molecule has 10 heteroatoms. The van der Waals surface area contributed by atoms with E-state index in [4.69, 9.17) is 21.4 Å². The van der Waals surface area contributed by atoms with Gasteiger partial charge in [-0.3, -0.25) is 14.6 Å². The van der Waals surface area contributed by atoms with E-state index >= 15 is 0 Å². The number of aliphatic carboxylic acids is 1. The molecule has 0 aliphatic heterocycles. The number of hydrogen-bond acceptors (Lipinski definition) is 5. The highest BCUT2D eigenvalue weighted by molar-refractivity contribution is 6.30. The highest BCUT2D eigenvalue weighted by Gasteiger charge is 2.30. The second-order valence-corrected chi connectivity index (χ2v) is 9.68. The van der Waals surface area contributed by atoms with E-state index in [0.29, 0.717) is 28.4 Å². The maximum atomic E-state index is 12.9. The van der Waals surface area contributed by atoms with E-state index < -0.39 is 17.7 Å². The number of nitrogens with one attached hydrogen (secondary N) is 1. The largest absolute Gasteiger partial charge is 0.496 e. The van der Waals surface area contributed by atoms with Crippen LogP contribution in [0.5, 0.6) is 5.75 Å². The number of Topliss-reactive ketones (excluding diaryl/α,β-unsaturated/α-hetero) is 1. The number of pyridine rings is 1. The molecule has 0 radical (unpaired) electrons. The van der Waals surface area contributed by atoms with E-state index in [1.807, 2.05) is 12.1 Å². The van der Waals surface area contributed by atoms with Gasteiger partial charge in [-0.2, -0.15) is 13.2 Å². The number of halogens is 4. The zero-order valence-corrected chi connectivity index (χ0v) is 22.7. The fourth-order valence-electron chi connectivity index (χ4n) is 4.29. The Kier molecular flexibility index (Phi) is 9.29. The number of carboxylic acid groups (broad SMARTS) is 1. The van der Waals surface area contributed by atoms with E-state index in [-0.39, 0.29) is 30.7 Å². The number of carbonyl (C=O) groups is 2. The first kappa shape index (κ1) is 29.6. The number of rotatable bonds is 11. The summed E-state index contributed by atoms with van der Waals surface area (Å²) in [5.74, 6) is -0.671. The van der Waals surface area contributed by atoms with Crippen molar-refractivity contribution in [2.75, 3.05) is 12.4 Å². The van der Waals surface area contributed by atoms with Crippen LogP contribution in [0.1, 0.15) is 40.9 Å². The molecule has 0 spiro atoms. The van der Waals surface area contributed by atoms with Gasteiger partial charge < -0.3 is 15.2 Å². The van der Waals surface area contributed by atoms with Gasteiger partial charge in [0.05, 0.1) is 12.7 Å². The Bertz CT molecular complexity index is 1540. The molecule has 0 atom stereocenters. The van der Waals surface area contributed by atoms with Gasteiger partial charge in [-0.25, -0.2) is 0 Å². The summed E-state index contributed by atoms with van der Waals surface area (Å²) in [4.78, 5) is 27.3. The van der Waals surface area contributed by atoms with Crippen molar-refractivity contribution in [3.63, 3.8) is 0 Å². The number of nitrogens with zero attached hydrogens (tertiary/aromatic N) is 1. The highest BCUT2D eigenvalue weighted by atomic mass is 35.5. The van der Waals surface area contributed by atoms with Crippen LogP contribution in [-0.2, 0) is 17.5 Å². The lowest BCUT2D eigenvalue weighted by Gasteiger charge is -2.15. The summed E-state index contributed by atoms with van der Waals surface area (Å²) in [7, 11) is 1.50. The van der Waals surface area contributed by atoms with E-state index in [2.05, 4.69) is 10.3 Å². The molecule has 212 valence electrons. The quantitative estimate of drug-likeness (QED) is 0.174. The number of aromatic nitrogens is 1. The molecule has 4 rings (SSSR count). The van der Waals surface area contributed by atoms with E-state index in [0.717, 1.165) is 34.5 Å². The summed E-state index contributed by atoms with van der Waals surface area (Å²) in [6.45, 7) is 0.408. The standard InChI is InChI=1S/C31H26ClF3N2O4/c1-41-29-16-24(12-13-25(29)19-5-9-22(10-6-19)31(33,34)35)36-17-20-7-11-23(32)15-26(20)21-8-14-27(37-18-21)28(38)3-2-4-30(39)40/h5-16,18,36H,2-4,17H2,1H3,(H,39,40). The van der Waals surface area contributed by atoms with Gasteiger partial charge >= 0.3 is 12.1 Å². The molecule has 0 bridgehead atoms. The minimum absolute atomic E-state index is 0.0770. The SMILES string of the molecule is COc1cc(NCc2ccc(Cl)cc2-c2ccc(C(=O)CCCC(=O)O)nc2)ccc1-c1ccc(C(F)(F)F)cc1.